The number of hydrogen-bond acceptors (Lipinski definition) is 3. The van der Waals surface area contributed by atoms with Crippen LogP contribution in [0.25, 0.3) is 0 Å². The molecule has 1 aliphatic rings. The van der Waals surface area contributed by atoms with Gasteiger partial charge in [-0.05, 0) is 43.9 Å². The molecule has 1 aromatic carbocycles. The van der Waals surface area contributed by atoms with Crippen molar-refractivity contribution in [2.24, 2.45) is 5.92 Å². The first kappa shape index (κ1) is 14.2. The maximum Gasteiger partial charge on any atom is 0.123 e. The van der Waals surface area contributed by atoms with Crippen LogP contribution in [0.1, 0.15) is 33.1 Å². The molecule has 0 bridgehead atoms. The minimum absolute atomic E-state index is 0.260. The zero-order valence-electron chi connectivity index (χ0n) is 12.2. The number of nitrogens with one attached hydrogen (secondary N) is 1. The van der Waals surface area contributed by atoms with Crippen LogP contribution in [0.3, 0.4) is 0 Å². The van der Waals surface area contributed by atoms with Gasteiger partial charge in [-0.3, -0.25) is 0 Å². The number of benzene rings is 1. The van der Waals surface area contributed by atoms with Crippen LogP contribution < -0.4 is 14.8 Å². The van der Waals surface area contributed by atoms with E-state index >= 15 is 0 Å². The van der Waals surface area contributed by atoms with E-state index in [1.807, 2.05) is 24.3 Å². The molecule has 1 aromatic rings. The summed E-state index contributed by atoms with van der Waals surface area (Å²) < 4.78 is 11.4. The molecular formula is C16H25NO2. The first-order chi connectivity index (χ1) is 9.22. The first-order valence-electron chi connectivity index (χ1n) is 7.27. The number of hydrogen-bond donors (Lipinski definition) is 1. The Morgan fingerprint density at radius 2 is 2.05 bits per heavy atom. The van der Waals surface area contributed by atoms with Crippen molar-refractivity contribution in [3.8, 4) is 11.5 Å². The SMILES string of the molecule is CCNC1CCC(C)CC1Oc1cccc(OC)c1. The van der Waals surface area contributed by atoms with Gasteiger partial charge in [0.1, 0.15) is 17.6 Å². The lowest BCUT2D eigenvalue weighted by molar-refractivity contribution is 0.0914. The minimum Gasteiger partial charge on any atom is -0.497 e. The zero-order chi connectivity index (χ0) is 13.7. The van der Waals surface area contributed by atoms with E-state index in [1.165, 1.54) is 12.8 Å². The largest absolute Gasteiger partial charge is 0.497 e. The summed E-state index contributed by atoms with van der Waals surface area (Å²) in [6, 6.07) is 8.35. The number of rotatable bonds is 5. The summed E-state index contributed by atoms with van der Waals surface area (Å²) >= 11 is 0. The Morgan fingerprint density at radius 3 is 2.79 bits per heavy atom. The molecule has 1 aliphatic carbocycles. The Kier molecular flexibility index (Phi) is 5.08. The van der Waals surface area contributed by atoms with Crippen LogP contribution in [0.2, 0.25) is 0 Å². The molecular weight excluding hydrogens is 238 g/mol. The van der Waals surface area contributed by atoms with Crippen molar-refractivity contribution in [3.63, 3.8) is 0 Å². The van der Waals surface area contributed by atoms with Gasteiger partial charge in [-0.15, -0.1) is 0 Å². The molecule has 0 aromatic heterocycles. The molecule has 0 aliphatic heterocycles. The van der Waals surface area contributed by atoms with Crippen LogP contribution in [-0.2, 0) is 0 Å². The van der Waals surface area contributed by atoms with Crippen LogP contribution in [0.5, 0.6) is 11.5 Å². The maximum atomic E-state index is 6.19. The van der Waals surface area contributed by atoms with Gasteiger partial charge >= 0.3 is 0 Å². The molecule has 3 heteroatoms. The van der Waals surface area contributed by atoms with E-state index in [9.17, 15) is 0 Å². The van der Waals surface area contributed by atoms with Crippen LogP contribution >= 0.6 is 0 Å². The molecule has 1 fully saturated rings. The fourth-order valence-corrected chi connectivity index (χ4v) is 2.80. The van der Waals surface area contributed by atoms with E-state index in [0.29, 0.717) is 6.04 Å². The highest BCUT2D eigenvalue weighted by Crippen LogP contribution is 2.29. The maximum absolute atomic E-state index is 6.19. The molecule has 0 saturated heterocycles. The van der Waals surface area contributed by atoms with Gasteiger partial charge in [-0.25, -0.2) is 0 Å². The van der Waals surface area contributed by atoms with Gasteiger partial charge in [-0.2, -0.15) is 0 Å². The highest BCUT2D eigenvalue weighted by molar-refractivity contribution is 5.33. The summed E-state index contributed by atoms with van der Waals surface area (Å²) in [7, 11) is 1.68. The number of likely N-dealkylation sites (N-methyl/N-ethyl adjacent to an activating group) is 1. The Hall–Kier alpha value is -1.22. The molecule has 1 saturated carbocycles. The van der Waals surface area contributed by atoms with Crippen LogP contribution in [0.4, 0.5) is 0 Å². The molecule has 19 heavy (non-hydrogen) atoms. The van der Waals surface area contributed by atoms with Gasteiger partial charge in [0.05, 0.1) is 7.11 Å². The molecule has 106 valence electrons. The summed E-state index contributed by atoms with van der Waals surface area (Å²) in [6.07, 6.45) is 3.87. The molecule has 1 N–H and O–H groups in total. The van der Waals surface area contributed by atoms with Crippen molar-refractivity contribution in [2.75, 3.05) is 13.7 Å². The molecule has 3 unspecified atom stereocenters. The standard InChI is InChI=1S/C16H25NO2/c1-4-17-15-9-8-12(2)10-16(15)19-14-7-5-6-13(11-14)18-3/h5-7,11-12,15-17H,4,8-10H2,1-3H3. The normalized spacial score (nSPS) is 27.0. The lowest BCUT2D eigenvalue weighted by atomic mass is 9.85. The summed E-state index contributed by atoms with van der Waals surface area (Å²) in [4.78, 5) is 0. The average Bonchev–Trinajstić information content (AvgIpc) is 2.42. The lowest BCUT2D eigenvalue weighted by Crippen LogP contribution is -2.46. The molecule has 2 rings (SSSR count). The minimum atomic E-state index is 0.260. The highest BCUT2D eigenvalue weighted by Gasteiger charge is 2.29. The third kappa shape index (κ3) is 3.87. The van der Waals surface area contributed by atoms with Gasteiger partial charge < -0.3 is 14.8 Å². The topological polar surface area (TPSA) is 30.5 Å². The van der Waals surface area contributed by atoms with Crippen LogP contribution in [0.15, 0.2) is 24.3 Å². The highest BCUT2D eigenvalue weighted by atomic mass is 16.5. The van der Waals surface area contributed by atoms with Gasteiger partial charge in [0.2, 0.25) is 0 Å². The van der Waals surface area contributed by atoms with Crippen LogP contribution in [0, 0.1) is 5.92 Å². The Morgan fingerprint density at radius 1 is 1.26 bits per heavy atom. The van der Waals surface area contributed by atoms with Crippen molar-refractivity contribution in [1.82, 2.24) is 5.32 Å². The van der Waals surface area contributed by atoms with E-state index in [1.54, 1.807) is 7.11 Å². The second-order valence-corrected chi connectivity index (χ2v) is 5.42. The number of methoxy groups -OCH3 is 1. The first-order valence-corrected chi connectivity index (χ1v) is 7.27. The quantitative estimate of drug-likeness (QED) is 0.884. The molecule has 0 amide bonds. The third-order valence-electron chi connectivity index (χ3n) is 3.85. The second-order valence-electron chi connectivity index (χ2n) is 5.42. The smallest absolute Gasteiger partial charge is 0.123 e. The second kappa shape index (κ2) is 6.80. The zero-order valence-corrected chi connectivity index (χ0v) is 12.2. The Balaban J connectivity index is 2.04. The van der Waals surface area contributed by atoms with E-state index in [4.69, 9.17) is 9.47 Å². The molecule has 0 spiro atoms. The van der Waals surface area contributed by atoms with Crippen LogP contribution in [-0.4, -0.2) is 25.8 Å². The van der Waals surface area contributed by atoms with Crippen molar-refractivity contribution in [1.29, 1.82) is 0 Å². The van der Waals surface area contributed by atoms with Crippen molar-refractivity contribution < 1.29 is 9.47 Å². The van der Waals surface area contributed by atoms with Crippen molar-refractivity contribution >= 4 is 0 Å². The Labute approximate surface area is 116 Å². The molecule has 0 radical (unpaired) electrons. The van der Waals surface area contributed by atoms with Gasteiger partial charge in [0.25, 0.3) is 0 Å². The van der Waals surface area contributed by atoms with Crippen molar-refractivity contribution in [3.05, 3.63) is 24.3 Å². The predicted octanol–water partition coefficient (Wildman–Crippen LogP) is 3.24. The summed E-state index contributed by atoms with van der Waals surface area (Å²) in [6.45, 7) is 5.46. The fourth-order valence-electron chi connectivity index (χ4n) is 2.80. The van der Waals surface area contributed by atoms with E-state index < -0.39 is 0 Å². The summed E-state index contributed by atoms with van der Waals surface area (Å²) in [5.74, 6) is 2.49. The van der Waals surface area contributed by atoms with E-state index in [0.717, 1.165) is 30.4 Å². The Bertz CT molecular complexity index is 394. The third-order valence-corrected chi connectivity index (χ3v) is 3.85. The molecule has 3 atom stereocenters. The lowest BCUT2D eigenvalue weighted by Gasteiger charge is -2.35. The fraction of sp³-hybridized carbons (Fsp3) is 0.625. The average molecular weight is 263 g/mol. The molecule has 0 heterocycles. The van der Waals surface area contributed by atoms with Gasteiger partial charge in [0, 0.05) is 12.1 Å². The van der Waals surface area contributed by atoms with E-state index in [2.05, 4.69) is 19.2 Å². The molecule has 3 nitrogen and oxygen atoms in total. The summed E-state index contributed by atoms with van der Waals surface area (Å²) in [5, 5.41) is 3.55. The summed E-state index contributed by atoms with van der Waals surface area (Å²) in [5.41, 5.74) is 0. The predicted molar refractivity (Wildman–Crippen MR) is 77.9 cm³/mol. The van der Waals surface area contributed by atoms with E-state index in [-0.39, 0.29) is 6.10 Å². The number of ether oxygens (including phenoxy) is 2. The monoisotopic (exact) mass is 263 g/mol. The van der Waals surface area contributed by atoms with Crippen molar-refractivity contribution in [2.45, 2.75) is 45.3 Å². The van der Waals surface area contributed by atoms with Gasteiger partial charge in [-0.1, -0.05) is 19.9 Å². The van der Waals surface area contributed by atoms with Gasteiger partial charge in [0.15, 0.2) is 0 Å².